The van der Waals surface area contributed by atoms with Crippen LogP contribution in [0, 0.1) is 0 Å². The number of hydrogen-bond donors (Lipinski definition) is 0. The molecule has 2 aromatic rings. The van der Waals surface area contributed by atoms with Gasteiger partial charge in [0, 0.05) is 18.8 Å². The molecular formula is C16H16F3N3O4S. The van der Waals surface area contributed by atoms with E-state index in [2.05, 4.69) is 14.7 Å². The molecule has 0 aliphatic carbocycles. The standard InChI is InChI=1S/C16H16F3N3O4S/c17-16(18,19)26-13-5-1-2-6-14(13)27(23,24)22-9-3-4-12(10-22)25-15-7-8-20-11-21-15/h1-2,5-8,11-12H,3-4,9-10H2. The highest BCUT2D eigenvalue weighted by Gasteiger charge is 2.37. The molecule has 1 aliphatic heterocycles. The van der Waals surface area contributed by atoms with Crippen molar-refractivity contribution < 1.29 is 31.1 Å². The second-order valence-electron chi connectivity index (χ2n) is 5.79. The van der Waals surface area contributed by atoms with Gasteiger partial charge in [-0.25, -0.2) is 18.4 Å². The number of halogens is 3. The van der Waals surface area contributed by atoms with Crippen molar-refractivity contribution >= 4 is 10.0 Å². The molecule has 11 heteroatoms. The van der Waals surface area contributed by atoms with Gasteiger partial charge in [-0.15, -0.1) is 13.2 Å². The Hall–Kier alpha value is -2.40. The molecule has 2 heterocycles. The normalized spacial score (nSPS) is 18.9. The lowest BCUT2D eigenvalue weighted by Gasteiger charge is -2.32. The summed E-state index contributed by atoms with van der Waals surface area (Å²) in [6.45, 7) is 0.166. The Morgan fingerprint density at radius 1 is 1.19 bits per heavy atom. The summed E-state index contributed by atoms with van der Waals surface area (Å²) >= 11 is 0. The van der Waals surface area contributed by atoms with Crippen molar-refractivity contribution in [1.29, 1.82) is 0 Å². The first-order chi connectivity index (χ1) is 12.8. The fourth-order valence-electron chi connectivity index (χ4n) is 2.75. The van der Waals surface area contributed by atoms with E-state index < -0.39 is 33.1 Å². The van der Waals surface area contributed by atoms with E-state index in [4.69, 9.17) is 4.74 Å². The topological polar surface area (TPSA) is 81.6 Å². The smallest absolute Gasteiger partial charge is 0.473 e. The molecule has 0 saturated carbocycles. The van der Waals surface area contributed by atoms with Gasteiger partial charge in [-0.2, -0.15) is 4.31 Å². The molecule has 146 valence electrons. The van der Waals surface area contributed by atoms with Crippen molar-refractivity contribution in [1.82, 2.24) is 14.3 Å². The van der Waals surface area contributed by atoms with E-state index in [0.717, 1.165) is 16.4 Å². The van der Waals surface area contributed by atoms with E-state index in [9.17, 15) is 21.6 Å². The lowest BCUT2D eigenvalue weighted by atomic mass is 10.1. The molecule has 0 radical (unpaired) electrons. The van der Waals surface area contributed by atoms with Crippen LogP contribution in [0.15, 0.2) is 47.8 Å². The van der Waals surface area contributed by atoms with E-state index >= 15 is 0 Å². The number of ether oxygens (including phenoxy) is 2. The highest BCUT2D eigenvalue weighted by Crippen LogP contribution is 2.32. The minimum Gasteiger partial charge on any atom is -0.473 e. The Labute approximate surface area is 153 Å². The van der Waals surface area contributed by atoms with Gasteiger partial charge >= 0.3 is 6.36 Å². The number of hydrogen-bond acceptors (Lipinski definition) is 6. The number of sulfonamides is 1. The third-order valence-electron chi connectivity index (χ3n) is 3.88. The zero-order chi connectivity index (χ0) is 19.5. The highest BCUT2D eigenvalue weighted by atomic mass is 32.2. The van der Waals surface area contributed by atoms with Crippen LogP contribution in [-0.4, -0.2) is 48.2 Å². The minimum absolute atomic E-state index is 0.00725. The molecule has 1 unspecified atom stereocenters. The van der Waals surface area contributed by atoms with Gasteiger partial charge in [-0.05, 0) is 25.0 Å². The average Bonchev–Trinajstić information content (AvgIpc) is 2.62. The summed E-state index contributed by atoms with van der Waals surface area (Å²) in [5.41, 5.74) is 0. The second kappa shape index (κ2) is 7.69. The highest BCUT2D eigenvalue weighted by molar-refractivity contribution is 7.89. The average molecular weight is 403 g/mol. The lowest BCUT2D eigenvalue weighted by molar-refractivity contribution is -0.275. The van der Waals surface area contributed by atoms with Gasteiger partial charge in [0.05, 0.1) is 6.54 Å². The van der Waals surface area contributed by atoms with Crippen LogP contribution in [0.2, 0.25) is 0 Å². The fourth-order valence-corrected chi connectivity index (χ4v) is 4.37. The third-order valence-corrected chi connectivity index (χ3v) is 5.78. The predicted molar refractivity (Wildman–Crippen MR) is 87.6 cm³/mol. The fraction of sp³-hybridized carbons (Fsp3) is 0.375. The summed E-state index contributed by atoms with van der Waals surface area (Å²) < 4.78 is 74.2. The van der Waals surface area contributed by atoms with Crippen LogP contribution in [-0.2, 0) is 10.0 Å². The molecule has 3 rings (SSSR count). The Morgan fingerprint density at radius 3 is 2.67 bits per heavy atom. The van der Waals surface area contributed by atoms with Crippen LogP contribution in [0.4, 0.5) is 13.2 Å². The van der Waals surface area contributed by atoms with Crippen molar-refractivity contribution in [3.63, 3.8) is 0 Å². The van der Waals surface area contributed by atoms with Crippen molar-refractivity contribution in [3.8, 4) is 11.6 Å². The van der Waals surface area contributed by atoms with Gasteiger partial charge in [-0.1, -0.05) is 12.1 Å². The second-order valence-corrected chi connectivity index (χ2v) is 7.69. The van der Waals surface area contributed by atoms with Gasteiger partial charge in [0.25, 0.3) is 0 Å². The van der Waals surface area contributed by atoms with Gasteiger partial charge in [0.1, 0.15) is 23.1 Å². The Balaban J connectivity index is 1.80. The summed E-state index contributed by atoms with van der Waals surface area (Å²) in [5.74, 6) is -0.459. The first-order valence-corrected chi connectivity index (χ1v) is 9.47. The van der Waals surface area contributed by atoms with Crippen LogP contribution >= 0.6 is 0 Å². The van der Waals surface area contributed by atoms with Crippen molar-refractivity contribution in [3.05, 3.63) is 42.9 Å². The van der Waals surface area contributed by atoms with E-state index in [1.165, 1.54) is 24.7 Å². The molecule has 1 fully saturated rings. The number of alkyl halides is 3. The maximum atomic E-state index is 12.9. The molecule has 0 spiro atoms. The van der Waals surface area contributed by atoms with Crippen molar-refractivity contribution in [2.24, 2.45) is 0 Å². The quantitative estimate of drug-likeness (QED) is 0.763. The van der Waals surface area contributed by atoms with E-state index in [1.807, 2.05) is 0 Å². The monoisotopic (exact) mass is 403 g/mol. The molecular weight excluding hydrogens is 387 g/mol. The molecule has 1 aliphatic rings. The molecule has 7 nitrogen and oxygen atoms in total. The summed E-state index contributed by atoms with van der Waals surface area (Å²) in [5, 5.41) is 0. The van der Waals surface area contributed by atoms with E-state index in [1.54, 1.807) is 6.07 Å². The maximum absolute atomic E-state index is 12.9. The van der Waals surface area contributed by atoms with Crippen LogP contribution in [0.3, 0.4) is 0 Å². The number of aromatic nitrogens is 2. The Morgan fingerprint density at radius 2 is 1.96 bits per heavy atom. The van der Waals surface area contributed by atoms with E-state index in [0.29, 0.717) is 18.7 Å². The Kier molecular flexibility index (Phi) is 5.51. The predicted octanol–water partition coefficient (Wildman–Crippen LogP) is 2.61. The van der Waals surface area contributed by atoms with Gasteiger partial charge in [0.2, 0.25) is 15.9 Å². The number of benzene rings is 1. The zero-order valence-electron chi connectivity index (χ0n) is 14.0. The summed E-state index contributed by atoms with van der Waals surface area (Å²) in [7, 11) is -4.19. The van der Waals surface area contributed by atoms with Crippen LogP contribution in [0.5, 0.6) is 11.6 Å². The molecule has 1 aromatic carbocycles. The van der Waals surface area contributed by atoms with Crippen molar-refractivity contribution in [2.45, 2.75) is 30.2 Å². The van der Waals surface area contributed by atoms with Gasteiger partial charge in [-0.3, -0.25) is 0 Å². The maximum Gasteiger partial charge on any atom is 0.573 e. The molecule has 1 saturated heterocycles. The molecule has 0 N–H and O–H groups in total. The van der Waals surface area contributed by atoms with Crippen LogP contribution in [0.1, 0.15) is 12.8 Å². The molecule has 27 heavy (non-hydrogen) atoms. The van der Waals surface area contributed by atoms with Gasteiger partial charge in [0.15, 0.2) is 0 Å². The first-order valence-electron chi connectivity index (χ1n) is 8.03. The lowest BCUT2D eigenvalue weighted by Crippen LogP contribution is -2.44. The van der Waals surface area contributed by atoms with Gasteiger partial charge < -0.3 is 9.47 Å². The number of nitrogens with zero attached hydrogens (tertiary/aromatic N) is 3. The third kappa shape index (κ3) is 4.86. The van der Waals surface area contributed by atoms with Crippen LogP contribution in [0.25, 0.3) is 0 Å². The number of piperidine rings is 1. The molecule has 0 bridgehead atoms. The number of rotatable bonds is 5. The zero-order valence-corrected chi connectivity index (χ0v) is 14.8. The molecule has 0 amide bonds. The van der Waals surface area contributed by atoms with Crippen molar-refractivity contribution in [2.75, 3.05) is 13.1 Å². The minimum atomic E-state index is -4.99. The number of para-hydroxylation sites is 1. The molecule has 1 atom stereocenters. The van der Waals surface area contributed by atoms with Crippen LogP contribution < -0.4 is 9.47 Å². The molecule has 1 aromatic heterocycles. The van der Waals surface area contributed by atoms with E-state index in [-0.39, 0.29) is 13.1 Å². The largest absolute Gasteiger partial charge is 0.573 e. The summed E-state index contributed by atoms with van der Waals surface area (Å²) in [6, 6.07) is 6.22. The Bertz CT molecular complexity index is 878. The first kappa shape index (κ1) is 19.4. The summed E-state index contributed by atoms with van der Waals surface area (Å²) in [6.07, 6.45) is -1.58. The SMILES string of the molecule is O=S(=O)(c1ccccc1OC(F)(F)F)N1CCCC(Oc2ccncn2)C1. The summed E-state index contributed by atoms with van der Waals surface area (Å²) in [4.78, 5) is 7.16.